The van der Waals surface area contributed by atoms with Crippen molar-refractivity contribution in [2.24, 2.45) is 0 Å². The van der Waals surface area contributed by atoms with Crippen LogP contribution < -0.4 is 14.4 Å². The highest BCUT2D eigenvalue weighted by atomic mass is 32.2. The summed E-state index contributed by atoms with van der Waals surface area (Å²) in [5.74, 6) is -0.390. The number of nitrogens with zero attached hydrogens (tertiary/aromatic N) is 1. The molecule has 150 valence electrons. The average molecular weight is 421 g/mol. The number of piperidine rings is 1. The number of methoxy groups -OCH3 is 1. The quantitative estimate of drug-likeness (QED) is 0.649. The van der Waals surface area contributed by atoms with E-state index in [4.69, 9.17) is 4.74 Å². The molecule has 3 rings (SSSR count). The molecule has 2 N–H and O–H groups in total. The molecule has 0 radical (unpaired) electrons. The van der Waals surface area contributed by atoms with Crippen molar-refractivity contribution in [1.29, 1.82) is 0 Å². The van der Waals surface area contributed by atoms with Crippen LogP contribution in [0.1, 0.15) is 29.6 Å². The molecule has 0 aromatic heterocycles. The van der Waals surface area contributed by atoms with Crippen LogP contribution in [-0.4, -0.2) is 41.7 Å². The number of aromatic carboxylic acids is 1. The van der Waals surface area contributed by atoms with Crippen molar-refractivity contribution in [3.63, 3.8) is 0 Å². The molecule has 0 aliphatic carbocycles. The molecular weight excluding hydrogens is 396 g/mol. The fourth-order valence-corrected chi connectivity index (χ4v) is 4.55. The van der Waals surface area contributed by atoms with E-state index in [1.807, 2.05) is 18.2 Å². The summed E-state index contributed by atoms with van der Waals surface area (Å²) in [6.07, 6.45) is 5.21. The number of nitrogens with one attached hydrogen (secondary N) is 1. The maximum absolute atomic E-state index is 12.0. The van der Waals surface area contributed by atoms with Crippen molar-refractivity contribution in [3.8, 4) is 5.75 Å². The first-order chi connectivity index (χ1) is 13.5. The van der Waals surface area contributed by atoms with Crippen molar-refractivity contribution >= 4 is 40.1 Å². The molecule has 2 aromatic carbocycles. The predicted molar refractivity (Wildman–Crippen MR) is 114 cm³/mol. The number of hydrogen-bond acceptors (Lipinski definition) is 6. The third-order valence-corrected chi connectivity index (χ3v) is 6.46. The van der Waals surface area contributed by atoms with Crippen LogP contribution in [-0.2, 0) is 10.8 Å². The minimum Gasteiger partial charge on any atom is -0.496 e. The van der Waals surface area contributed by atoms with Gasteiger partial charge in [0.15, 0.2) is 0 Å². The van der Waals surface area contributed by atoms with Gasteiger partial charge in [0.1, 0.15) is 5.75 Å². The number of ether oxygens (including phenoxy) is 1. The highest BCUT2D eigenvalue weighted by molar-refractivity contribution is 8.00. The Hall–Kier alpha value is -2.19. The van der Waals surface area contributed by atoms with Crippen molar-refractivity contribution in [2.75, 3.05) is 36.1 Å². The molecule has 1 unspecified atom stereocenters. The summed E-state index contributed by atoms with van der Waals surface area (Å²) in [5.41, 5.74) is 2.13. The Bertz CT molecular complexity index is 883. The topological polar surface area (TPSA) is 78.9 Å². The van der Waals surface area contributed by atoms with Crippen molar-refractivity contribution < 1.29 is 18.8 Å². The van der Waals surface area contributed by atoms with E-state index in [1.165, 1.54) is 24.4 Å². The molecule has 8 heteroatoms. The fraction of sp³-hybridized carbons (Fsp3) is 0.350. The minimum atomic E-state index is -1.09. The van der Waals surface area contributed by atoms with Crippen LogP contribution >= 0.6 is 11.9 Å². The van der Waals surface area contributed by atoms with Gasteiger partial charge in [0.25, 0.3) is 0 Å². The summed E-state index contributed by atoms with van der Waals surface area (Å²) >= 11 is 1.29. The maximum Gasteiger partial charge on any atom is 0.335 e. The lowest BCUT2D eigenvalue weighted by Crippen LogP contribution is -2.29. The molecule has 6 nitrogen and oxygen atoms in total. The van der Waals surface area contributed by atoms with Crippen LogP contribution in [0.5, 0.6) is 5.75 Å². The first-order valence-corrected chi connectivity index (χ1v) is 11.4. The number of hydrogen-bond donors (Lipinski definition) is 2. The molecule has 0 bridgehead atoms. The van der Waals surface area contributed by atoms with E-state index in [-0.39, 0.29) is 5.56 Å². The predicted octanol–water partition coefficient (Wildman–Crippen LogP) is 4.24. The lowest BCUT2D eigenvalue weighted by atomic mass is 10.1. The second-order valence-corrected chi connectivity index (χ2v) is 8.78. The highest BCUT2D eigenvalue weighted by Crippen LogP contribution is 2.36. The standard InChI is InChI=1S/C20H24N2O4S2/c1-26-18-9-6-14(20(23)24)12-19(18)27-21-16-13-15(28(2)25)7-8-17(16)22-10-4-3-5-11-22/h6-9,12-13,21H,3-5,10-11H2,1-2H3,(H,23,24). The molecule has 0 saturated carbocycles. The second-order valence-electron chi connectivity index (χ2n) is 6.56. The SMILES string of the molecule is COc1ccc(C(=O)O)cc1SNc1cc(S(C)=O)ccc1N1CCCCC1. The Kier molecular flexibility index (Phi) is 6.85. The summed E-state index contributed by atoms with van der Waals surface area (Å²) in [6, 6.07) is 10.6. The lowest BCUT2D eigenvalue weighted by Gasteiger charge is -2.31. The molecular formula is C20H24N2O4S2. The van der Waals surface area contributed by atoms with Gasteiger partial charge in [-0.2, -0.15) is 0 Å². The Morgan fingerprint density at radius 3 is 2.57 bits per heavy atom. The largest absolute Gasteiger partial charge is 0.496 e. The van der Waals surface area contributed by atoms with E-state index < -0.39 is 16.8 Å². The first-order valence-electron chi connectivity index (χ1n) is 9.06. The molecule has 1 atom stereocenters. The van der Waals surface area contributed by atoms with E-state index in [0.29, 0.717) is 10.6 Å². The van der Waals surface area contributed by atoms with E-state index in [9.17, 15) is 14.1 Å². The Morgan fingerprint density at radius 2 is 1.93 bits per heavy atom. The van der Waals surface area contributed by atoms with Crippen molar-refractivity contribution in [1.82, 2.24) is 0 Å². The van der Waals surface area contributed by atoms with Crippen molar-refractivity contribution in [3.05, 3.63) is 42.0 Å². The number of anilines is 2. The number of rotatable bonds is 7. The van der Waals surface area contributed by atoms with Gasteiger partial charge in [-0.3, -0.25) is 4.21 Å². The summed E-state index contributed by atoms with van der Waals surface area (Å²) < 4.78 is 20.7. The zero-order chi connectivity index (χ0) is 20.1. The molecule has 1 fully saturated rings. The van der Waals surface area contributed by atoms with Gasteiger partial charge in [-0.25, -0.2) is 4.79 Å². The summed E-state index contributed by atoms with van der Waals surface area (Å²) in [5, 5.41) is 9.26. The fourth-order valence-electron chi connectivity index (χ4n) is 3.19. The second kappa shape index (κ2) is 9.34. The van der Waals surface area contributed by atoms with Crippen LogP contribution in [0.25, 0.3) is 0 Å². The average Bonchev–Trinajstić information content (AvgIpc) is 2.72. The van der Waals surface area contributed by atoms with Crippen LogP contribution in [0.4, 0.5) is 11.4 Å². The number of benzene rings is 2. The number of carboxylic acids is 1. The molecule has 1 aliphatic heterocycles. The zero-order valence-electron chi connectivity index (χ0n) is 15.9. The van der Waals surface area contributed by atoms with Gasteiger partial charge in [-0.05, 0) is 67.6 Å². The molecule has 0 amide bonds. The smallest absolute Gasteiger partial charge is 0.335 e. The maximum atomic E-state index is 12.0. The monoisotopic (exact) mass is 420 g/mol. The van der Waals surface area contributed by atoms with E-state index >= 15 is 0 Å². The third kappa shape index (κ3) is 4.80. The molecule has 1 heterocycles. The van der Waals surface area contributed by atoms with Crippen LogP contribution in [0.15, 0.2) is 46.2 Å². The molecule has 0 spiro atoms. The van der Waals surface area contributed by atoms with E-state index in [0.717, 1.165) is 42.2 Å². The number of carboxylic acid groups (broad SMARTS) is 1. The van der Waals surface area contributed by atoms with Crippen LogP contribution in [0.2, 0.25) is 0 Å². The van der Waals surface area contributed by atoms with Gasteiger partial charge in [0.05, 0.1) is 28.9 Å². The Labute approximate surface area is 171 Å². The molecule has 2 aromatic rings. The molecule has 1 aliphatic rings. The third-order valence-electron chi connectivity index (χ3n) is 4.68. The lowest BCUT2D eigenvalue weighted by molar-refractivity contribution is 0.0696. The Balaban J connectivity index is 1.90. The van der Waals surface area contributed by atoms with E-state index in [2.05, 4.69) is 9.62 Å². The van der Waals surface area contributed by atoms with Gasteiger partial charge < -0.3 is 19.5 Å². The van der Waals surface area contributed by atoms with Gasteiger partial charge in [0.2, 0.25) is 0 Å². The highest BCUT2D eigenvalue weighted by Gasteiger charge is 2.17. The normalized spacial score (nSPS) is 15.1. The van der Waals surface area contributed by atoms with Crippen LogP contribution in [0.3, 0.4) is 0 Å². The summed E-state index contributed by atoms with van der Waals surface area (Å²) in [6.45, 7) is 1.98. The van der Waals surface area contributed by atoms with E-state index in [1.54, 1.807) is 25.5 Å². The summed E-state index contributed by atoms with van der Waals surface area (Å²) in [7, 11) is 0.469. The van der Waals surface area contributed by atoms with Crippen molar-refractivity contribution in [2.45, 2.75) is 29.1 Å². The Morgan fingerprint density at radius 1 is 1.18 bits per heavy atom. The first kappa shape index (κ1) is 20.5. The zero-order valence-corrected chi connectivity index (χ0v) is 17.6. The van der Waals surface area contributed by atoms with Gasteiger partial charge in [-0.15, -0.1) is 0 Å². The van der Waals surface area contributed by atoms with Gasteiger partial charge in [-0.1, -0.05) is 0 Å². The molecule has 28 heavy (non-hydrogen) atoms. The van der Waals surface area contributed by atoms with Gasteiger partial charge >= 0.3 is 5.97 Å². The number of carbonyl (C=O) groups is 1. The minimum absolute atomic E-state index is 0.199. The van der Waals surface area contributed by atoms with Gasteiger partial charge in [0, 0.05) is 35.0 Å². The molecule has 1 saturated heterocycles. The van der Waals surface area contributed by atoms with Crippen LogP contribution in [0, 0.1) is 0 Å². The summed E-state index contributed by atoms with van der Waals surface area (Å²) in [4.78, 5) is 15.1.